The van der Waals surface area contributed by atoms with Gasteiger partial charge in [-0.25, -0.2) is 4.79 Å². The van der Waals surface area contributed by atoms with Crippen molar-refractivity contribution in [3.63, 3.8) is 0 Å². The summed E-state index contributed by atoms with van der Waals surface area (Å²) in [5, 5.41) is 11.6. The topological polar surface area (TPSA) is 69.6 Å². The van der Waals surface area contributed by atoms with Crippen molar-refractivity contribution in [3.8, 4) is 0 Å². The number of aliphatic carboxylic acids is 1. The maximum atomic E-state index is 11.9. The van der Waals surface area contributed by atoms with Crippen LogP contribution >= 0.6 is 15.9 Å². The van der Waals surface area contributed by atoms with Crippen molar-refractivity contribution in [2.45, 2.75) is 26.3 Å². The van der Waals surface area contributed by atoms with Gasteiger partial charge in [-0.05, 0) is 30.5 Å². The van der Waals surface area contributed by atoms with Crippen LogP contribution in [0.5, 0.6) is 0 Å². The first-order valence-corrected chi connectivity index (χ1v) is 7.65. The molecule has 116 valence electrons. The molecule has 0 aliphatic rings. The Morgan fingerprint density at radius 2 is 2.14 bits per heavy atom. The zero-order chi connectivity index (χ0) is 15.8. The SMILES string of the molecule is CC(CCCNC(=O)N(C)Cc1cccc(Br)c1)C(=O)O. The second-order valence-electron chi connectivity index (χ2n) is 5.10. The van der Waals surface area contributed by atoms with E-state index in [-0.39, 0.29) is 11.9 Å². The molecule has 0 heterocycles. The molecule has 1 rings (SSSR count). The first-order chi connectivity index (χ1) is 9.90. The molecule has 21 heavy (non-hydrogen) atoms. The predicted octanol–water partition coefficient (Wildman–Crippen LogP) is 3.09. The van der Waals surface area contributed by atoms with E-state index in [1.54, 1.807) is 18.9 Å². The maximum absolute atomic E-state index is 11.9. The van der Waals surface area contributed by atoms with E-state index < -0.39 is 5.97 Å². The van der Waals surface area contributed by atoms with Crippen molar-refractivity contribution >= 4 is 27.9 Å². The van der Waals surface area contributed by atoms with Crippen molar-refractivity contribution in [1.29, 1.82) is 0 Å². The van der Waals surface area contributed by atoms with Crippen molar-refractivity contribution in [2.75, 3.05) is 13.6 Å². The van der Waals surface area contributed by atoms with Crippen LogP contribution in [-0.2, 0) is 11.3 Å². The van der Waals surface area contributed by atoms with E-state index in [1.165, 1.54) is 0 Å². The van der Waals surface area contributed by atoms with Gasteiger partial charge in [-0.1, -0.05) is 35.0 Å². The van der Waals surface area contributed by atoms with E-state index in [1.807, 2.05) is 24.3 Å². The number of carbonyl (C=O) groups is 2. The van der Waals surface area contributed by atoms with Crippen LogP contribution in [-0.4, -0.2) is 35.6 Å². The Balaban J connectivity index is 2.30. The van der Waals surface area contributed by atoms with Gasteiger partial charge >= 0.3 is 12.0 Å². The number of benzene rings is 1. The molecule has 1 unspecified atom stereocenters. The standard InChI is InChI=1S/C15H21BrN2O3/c1-11(14(19)20)5-4-8-17-15(21)18(2)10-12-6-3-7-13(16)9-12/h3,6-7,9,11H,4-5,8,10H2,1-2H3,(H,17,21)(H,19,20). The van der Waals surface area contributed by atoms with Gasteiger partial charge in [-0.3, -0.25) is 4.79 Å². The summed E-state index contributed by atoms with van der Waals surface area (Å²) in [4.78, 5) is 24.2. The van der Waals surface area contributed by atoms with Gasteiger partial charge in [0.05, 0.1) is 5.92 Å². The number of amides is 2. The number of halogens is 1. The minimum atomic E-state index is -0.798. The molecule has 0 aromatic heterocycles. The molecule has 1 atom stereocenters. The lowest BCUT2D eigenvalue weighted by molar-refractivity contribution is -0.141. The van der Waals surface area contributed by atoms with Crippen LogP contribution in [0.3, 0.4) is 0 Å². The summed E-state index contributed by atoms with van der Waals surface area (Å²) in [6.45, 7) is 2.68. The van der Waals surface area contributed by atoms with Crippen LogP contribution in [0.2, 0.25) is 0 Å². The van der Waals surface area contributed by atoms with Gasteiger partial charge in [0.25, 0.3) is 0 Å². The number of nitrogens with zero attached hydrogens (tertiary/aromatic N) is 1. The van der Waals surface area contributed by atoms with Gasteiger partial charge in [0.15, 0.2) is 0 Å². The fourth-order valence-corrected chi connectivity index (χ4v) is 2.29. The molecule has 0 saturated heterocycles. The number of carboxylic acids is 1. The zero-order valence-corrected chi connectivity index (χ0v) is 13.9. The molecule has 0 aliphatic heterocycles. The average molecular weight is 357 g/mol. The van der Waals surface area contributed by atoms with Crippen molar-refractivity contribution < 1.29 is 14.7 Å². The van der Waals surface area contributed by atoms with E-state index in [2.05, 4.69) is 21.2 Å². The molecule has 2 amide bonds. The van der Waals surface area contributed by atoms with E-state index in [9.17, 15) is 9.59 Å². The number of nitrogens with one attached hydrogen (secondary N) is 1. The minimum absolute atomic E-state index is 0.155. The zero-order valence-electron chi connectivity index (χ0n) is 12.3. The summed E-state index contributed by atoms with van der Waals surface area (Å²) in [6, 6.07) is 7.64. The van der Waals surface area contributed by atoms with Gasteiger partial charge in [0.2, 0.25) is 0 Å². The number of carbonyl (C=O) groups excluding carboxylic acids is 1. The van der Waals surface area contributed by atoms with Crippen molar-refractivity contribution in [1.82, 2.24) is 10.2 Å². The highest BCUT2D eigenvalue weighted by molar-refractivity contribution is 9.10. The van der Waals surface area contributed by atoms with E-state index >= 15 is 0 Å². The lowest BCUT2D eigenvalue weighted by atomic mass is 10.1. The highest BCUT2D eigenvalue weighted by atomic mass is 79.9. The Labute approximate surface area is 133 Å². The lowest BCUT2D eigenvalue weighted by Gasteiger charge is -2.18. The molecule has 0 spiro atoms. The molecule has 1 aromatic carbocycles. The van der Waals surface area contributed by atoms with Gasteiger partial charge in [0, 0.05) is 24.6 Å². The second-order valence-corrected chi connectivity index (χ2v) is 6.02. The Hall–Kier alpha value is -1.56. The molecule has 0 aliphatic carbocycles. The summed E-state index contributed by atoms with van der Waals surface area (Å²) in [5.74, 6) is -1.17. The molecule has 0 radical (unpaired) electrons. The molecular formula is C15H21BrN2O3. The number of hydrogen-bond donors (Lipinski definition) is 2. The quantitative estimate of drug-likeness (QED) is 0.737. The Morgan fingerprint density at radius 3 is 2.76 bits per heavy atom. The molecule has 1 aromatic rings. The lowest BCUT2D eigenvalue weighted by Crippen LogP contribution is -2.37. The van der Waals surface area contributed by atoms with Crippen LogP contribution in [0.25, 0.3) is 0 Å². The fraction of sp³-hybridized carbons (Fsp3) is 0.467. The number of rotatable bonds is 7. The van der Waals surface area contributed by atoms with E-state index in [0.717, 1.165) is 10.0 Å². The van der Waals surface area contributed by atoms with Crippen molar-refractivity contribution in [3.05, 3.63) is 34.3 Å². The van der Waals surface area contributed by atoms with E-state index in [0.29, 0.717) is 25.9 Å². The van der Waals surface area contributed by atoms with Crippen LogP contribution in [0, 0.1) is 5.92 Å². The first-order valence-electron chi connectivity index (χ1n) is 6.86. The van der Waals surface area contributed by atoms with Crippen LogP contribution in [0.1, 0.15) is 25.3 Å². The van der Waals surface area contributed by atoms with E-state index in [4.69, 9.17) is 5.11 Å². The fourth-order valence-electron chi connectivity index (χ4n) is 1.84. The summed E-state index contributed by atoms with van der Waals surface area (Å²) < 4.78 is 0.983. The normalized spacial score (nSPS) is 11.8. The molecule has 5 nitrogen and oxygen atoms in total. The molecule has 0 bridgehead atoms. The molecule has 0 fully saturated rings. The molecule has 0 saturated carbocycles. The highest BCUT2D eigenvalue weighted by Gasteiger charge is 2.11. The Kier molecular flexibility index (Phi) is 7.22. The third-order valence-electron chi connectivity index (χ3n) is 3.17. The summed E-state index contributed by atoms with van der Waals surface area (Å²) in [5.41, 5.74) is 1.04. The van der Waals surface area contributed by atoms with Crippen LogP contribution in [0.4, 0.5) is 4.79 Å². The van der Waals surface area contributed by atoms with Gasteiger partial charge in [0.1, 0.15) is 0 Å². The minimum Gasteiger partial charge on any atom is -0.481 e. The van der Waals surface area contributed by atoms with Crippen LogP contribution in [0.15, 0.2) is 28.7 Å². The van der Waals surface area contributed by atoms with Crippen LogP contribution < -0.4 is 5.32 Å². The third kappa shape index (κ3) is 6.62. The predicted molar refractivity (Wildman–Crippen MR) is 85.0 cm³/mol. The van der Waals surface area contributed by atoms with Gasteiger partial charge in [-0.2, -0.15) is 0 Å². The van der Waals surface area contributed by atoms with Gasteiger partial charge in [-0.15, -0.1) is 0 Å². The second kappa shape index (κ2) is 8.67. The first kappa shape index (κ1) is 17.5. The monoisotopic (exact) mass is 356 g/mol. The van der Waals surface area contributed by atoms with Crippen molar-refractivity contribution in [2.24, 2.45) is 5.92 Å². The molecule has 2 N–H and O–H groups in total. The number of urea groups is 1. The average Bonchev–Trinajstić information content (AvgIpc) is 2.42. The largest absolute Gasteiger partial charge is 0.481 e. The Morgan fingerprint density at radius 1 is 1.43 bits per heavy atom. The smallest absolute Gasteiger partial charge is 0.317 e. The summed E-state index contributed by atoms with van der Waals surface area (Å²) in [6.07, 6.45) is 1.22. The third-order valence-corrected chi connectivity index (χ3v) is 3.66. The molecule has 6 heteroatoms. The number of hydrogen-bond acceptors (Lipinski definition) is 2. The highest BCUT2D eigenvalue weighted by Crippen LogP contribution is 2.13. The maximum Gasteiger partial charge on any atom is 0.317 e. The summed E-state index contributed by atoms with van der Waals surface area (Å²) in [7, 11) is 1.73. The van der Waals surface area contributed by atoms with Gasteiger partial charge < -0.3 is 15.3 Å². The molecular weight excluding hydrogens is 336 g/mol. The Bertz CT molecular complexity index is 494. The number of carboxylic acid groups (broad SMARTS) is 1. The summed E-state index contributed by atoms with van der Waals surface area (Å²) >= 11 is 3.40.